The lowest BCUT2D eigenvalue weighted by molar-refractivity contribution is -0.384. The fourth-order valence-electron chi connectivity index (χ4n) is 3.58. The smallest absolute Gasteiger partial charge is 0.368 e. The third-order valence-electron chi connectivity index (χ3n) is 5.26. The number of hydrogen-bond donors (Lipinski definition) is 0. The molecule has 2 aromatic heterocycles. The number of nitro groups is 1. The number of amides is 1. The number of alkyl halides is 3. The van der Waals surface area contributed by atoms with E-state index in [1.807, 2.05) is 4.90 Å². The number of carbonyl (C=O) groups is 1. The van der Waals surface area contributed by atoms with E-state index in [9.17, 15) is 28.1 Å². The van der Waals surface area contributed by atoms with E-state index >= 15 is 0 Å². The number of nitro benzene ring substituents is 1. The van der Waals surface area contributed by atoms with Crippen LogP contribution in [0.25, 0.3) is 10.2 Å². The molecule has 0 atom stereocenters. The molecule has 0 radical (unpaired) electrons. The maximum absolute atomic E-state index is 13.0. The first-order chi connectivity index (χ1) is 14.6. The van der Waals surface area contributed by atoms with Crippen LogP contribution in [0.2, 0.25) is 0 Å². The van der Waals surface area contributed by atoms with Gasteiger partial charge in [0, 0.05) is 49.4 Å². The Labute approximate surface area is 178 Å². The maximum Gasteiger partial charge on any atom is 0.433 e. The van der Waals surface area contributed by atoms with Crippen molar-refractivity contribution >= 4 is 38.8 Å². The zero-order valence-electron chi connectivity index (χ0n) is 16.3. The van der Waals surface area contributed by atoms with E-state index in [0.29, 0.717) is 47.7 Å². The predicted molar refractivity (Wildman–Crippen MR) is 111 cm³/mol. The van der Waals surface area contributed by atoms with Crippen LogP contribution in [-0.2, 0) is 6.18 Å². The Kier molecular flexibility index (Phi) is 5.29. The molecule has 3 aromatic rings. The summed E-state index contributed by atoms with van der Waals surface area (Å²) in [7, 11) is 0. The van der Waals surface area contributed by atoms with E-state index < -0.39 is 16.8 Å². The number of aryl methyl sites for hydroxylation is 1. The van der Waals surface area contributed by atoms with Gasteiger partial charge in [0.05, 0.1) is 9.80 Å². The maximum atomic E-state index is 13.0. The van der Waals surface area contributed by atoms with Crippen molar-refractivity contribution in [2.24, 2.45) is 0 Å². The lowest BCUT2D eigenvalue weighted by Crippen LogP contribution is -2.48. The molecule has 31 heavy (non-hydrogen) atoms. The van der Waals surface area contributed by atoms with Crippen molar-refractivity contribution in [3.8, 4) is 0 Å². The minimum Gasteiger partial charge on any atom is -0.368 e. The molecular weight excluding hydrogens is 433 g/mol. The SMILES string of the molecule is Cc1c(C(=O)N2CCN(c3cccc([N+](=O)[O-])c3)CC2)sc2nc(C(F)(F)F)ccc12. The largest absolute Gasteiger partial charge is 0.433 e. The lowest BCUT2D eigenvalue weighted by atomic mass is 10.1. The Morgan fingerprint density at radius 2 is 1.87 bits per heavy atom. The molecule has 1 amide bonds. The average molecular weight is 450 g/mol. The summed E-state index contributed by atoms with van der Waals surface area (Å²) in [5.41, 5.74) is 0.351. The second kappa shape index (κ2) is 7.80. The van der Waals surface area contributed by atoms with Gasteiger partial charge in [0.15, 0.2) is 0 Å². The minimum absolute atomic E-state index is 0.00244. The van der Waals surface area contributed by atoms with Gasteiger partial charge < -0.3 is 9.80 Å². The Morgan fingerprint density at radius 3 is 2.52 bits per heavy atom. The van der Waals surface area contributed by atoms with Crippen LogP contribution in [-0.4, -0.2) is 46.9 Å². The van der Waals surface area contributed by atoms with Crippen molar-refractivity contribution in [2.45, 2.75) is 13.1 Å². The van der Waals surface area contributed by atoms with Gasteiger partial charge in [0.25, 0.3) is 11.6 Å². The summed E-state index contributed by atoms with van der Waals surface area (Å²) >= 11 is 0.967. The Balaban J connectivity index is 1.51. The average Bonchev–Trinajstić information content (AvgIpc) is 3.09. The molecule has 0 aliphatic carbocycles. The summed E-state index contributed by atoms with van der Waals surface area (Å²) in [6.45, 7) is 3.49. The number of pyridine rings is 1. The van der Waals surface area contributed by atoms with Crippen LogP contribution < -0.4 is 4.90 Å². The van der Waals surface area contributed by atoms with Gasteiger partial charge >= 0.3 is 6.18 Å². The van der Waals surface area contributed by atoms with E-state index in [-0.39, 0.29) is 16.4 Å². The van der Waals surface area contributed by atoms with Crippen LogP contribution in [0.1, 0.15) is 20.9 Å². The van der Waals surface area contributed by atoms with Gasteiger partial charge in [0.1, 0.15) is 10.5 Å². The Bertz CT molecular complexity index is 1170. The zero-order valence-corrected chi connectivity index (χ0v) is 17.2. The Hall–Kier alpha value is -3.21. The number of halogens is 3. The highest BCUT2D eigenvalue weighted by Gasteiger charge is 2.33. The minimum atomic E-state index is -4.54. The van der Waals surface area contributed by atoms with Crippen molar-refractivity contribution < 1.29 is 22.9 Å². The standard InChI is InChI=1S/C20H17F3N4O3S/c1-12-15-5-6-16(20(21,22)23)24-18(15)31-17(12)19(28)26-9-7-25(8-10-26)13-3-2-4-14(11-13)27(29)30/h2-6,11H,7-10H2,1H3. The number of piperazine rings is 1. The van der Waals surface area contributed by atoms with Crippen molar-refractivity contribution in [3.05, 3.63) is 62.6 Å². The molecule has 1 saturated heterocycles. The molecular formula is C20H17F3N4O3S. The first kappa shape index (κ1) is 21.0. The molecule has 1 aliphatic rings. The van der Waals surface area contributed by atoms with Gasteiger partial charge in [0.2, 0.25) is 0 Å². The molecule has 7 nitrogen and oxygen atoms in total. The molecule has 0 saturated carbocycles. The number of non-ortho nitro benzene ring substituents is 1. The molecule has 3 heterocycles. The van der Waals surface area contributed by atoms with Crippen LogP contribution in [0, 0.1) is 17.0 Å². The van der Waals surface area contributed by atoms with E-state index in [4.69, 9.17) is 0 Å². The first-order valence-electron chi connectivity index (χ1n) is 9.41. The highest BCUT2D eigenvalue weighted by Crippen LogP contribution is 2.35. The topological polar surface area (TPSA) is 79.6 Å². The van der Waals surface area contributed by atoms with Gasteiger partial charge in [-0.05, 0) is 30.7 Å². The zero-order chi connectivity index (χ0) is 22.3. The van der Waals surface area contributed by atoms with Crippen molar-refractivity contribution in [1.82, 2.24) is 9.88 Å². The van der Waals surface area contributed by atoms with E-state index in [2.05, 4.69) is 4.98 Å². The number of hydrogen-bond acceptors (Lipinski definition) is 6. The number of nitrogens with zero attached hydrogens (tertiary/aromatic N) is 4. The number of anilines is 1. The molecule has 0 bridgehead atoms. The van der Waals surface area contributed by atoms with Crippen LogP contribution in [0.4, 0.5) is 24.5 Å². The van der Waals surface area contributed by atoms with Crippen LogP contribution in [0.15, 0.2) is 36.4 Å². The van der Waals surface area contributed by atoms with Crippen LogP contribution >= 0.6 is 11.3 Å². The van der Waals surface area contributed by atoms with Gasteiger partial charge in [-0.15, -0.1) is 11.3 Å². The third kappa shape index (κ3) is 4.05. The van der Waals surface area contributed by atoms with Crippen LogP contribution in [0.5, 0.6) is 0 Å². The quantitative estimate of drug-likeness (QED) is 0.434. The number of aromatic nitrogens is 1. The van der Waals surface area contributed by atoms with Gasteiger partial charge in [-0.1, -0.05) is 6.07 Å². The summed E-state index contributed by atoms with van der Waals surface area (Å²) in [6, 6.07) is 8.60. The highest BCUT2D eigenvalue weighted by molar-refractivity contribution is 7.20. The lowest BCUT2D eigenvalue weighted by Gasteiger charge is -2.36. The molecule has 0 N–H and O–H groups in total. The van der Waals surface area contributed by atoms with E-state index in [1.165, 1.54) is 18.2 Å². The van der Waals surface area contributed by atoms with Crippen molar-refractivity contribution in [1.29, 1.82) is 0 Å². The molecule has 0 spiro atoms. The summed E-state index contributed by atoms with van der Waals surface area (Å²) < 4.78 is 38.8. The van der Waals surface area contributed by atoms with Crippen molar-refractivity contribution in [3.63, 3.8) is 0 Å². The summed E-state index contributed by atoms with van der Waals surface area (Å²) in [6.07, 6.45) is -4.54. The summed E-state index contributed by atoms with van der Waals surface area (Å²) in [5.74, 6) is -0.243. The number of carbonyl (C=O) groups excluding carboxylic acids is 1. The number of fused-ring (bicyclic) bond motifs is 1. The molecule has 1 aliphatic heterocycles. The fourth-order valence-corrected chi connectivity index (χ4v) is 4.72. The molecule has 4 rings (SSSR count). The van der Waals surface area contributed by atoms with Crippen molar-refractivity contribution in [2.75, 3.05) is 31.1 Å². The second-order valence-corrected chi connectivity index (χ2v) is 8.16. The van der Waals surface area contributed by atoms with Gasteiger partial charge in [-0.3, -0.25) is 14.9 Å². The number of rotatable bonds is 3. The monoisotopic (exact) mass is 450 g/mol. The predicted octanol–water partition coefficient (Wildman–Crippen LogP) is 4.49. The third-order valence-corrected chi connectivity index (χ3v) is 6.45. The highest BCUT2D eigenvalue weighted by atomic mass is 32.1. The number of thiophene rings is 1. The molecule has 1 aromatic carbocycles. The van der Waals surface area contributed by atoms with Gasteiger partial charge in [-0.2, -0.15) is 13.2 Å². The van der Waals surface area contributed by atoms with E-state index in [0.717, 1.165) is 17.4 Å². The molecule has 11 heteroatoms. The second-order valence-electron chi connectivity index (χ2n) is 7.16. The summed E-state index contributed by atoms with van der Waals surface area (Å²) in [4.78, 5) is 31.4. The normalized spacial score (nSPS) is 14.8. The molecule has 1 fully saturated rings. The first-order valence-corrected chi connectivity index (χ1v) is 10.2. The van der Waals surface area contributed by atoms with E-state index in [1.54, 1.807) is 24.0 Å². The number of benzene rings is 1. The fraction of sp³-hybridized carbons (Fsp3) is 0.300. The van der Waals surface area contributed by atoms with Crippen LogP contribution in [0.3, 0.4) is 0 Å². The van der Waals surface area contributed by atoms with Gasteiger partial charge in [-0.25, -0.2) is 4.98 Å². The Morgan fingerprint density at radius 1 is 1.16 bits per heavy atom. The summed E-state index contributed by atoms with van der Waals surface area (Å²) in [5, 5.41) is 11.5. The molecule has 162 valence electrons. The molecule has 0 unspecified atom stereocenters.